The van der Waals surface area contributed by atoms with E-state index in [1.165, 1.54) is 24.4 Å². The maximum Gasteiger partial charge on any atom is 0.251 e. The number of rotatable bonds is 3. The zero-order chi connectivity index (χ0) is 13.2. The first kappa shape index (κ1) is 11.4. The molecule has 0 spiro atoms. The minimum Gasteiger partial charge on any atom is -0.454 e. The third kappa shape index (κ3) is 2.06. The summed E-state index contributed by atoms with van der Waals surface area (Å²) in [5.74, 6) is -0.210. The number of ketones is 2. The molecule has 0 atom stereocenters. The molecule has 0 aliphatic carbocycles. The number of benzene rings is 1. The molecular formula is C14H9NO4. The summed E-state index contributed by atoms with van der Waals surface area (Å²) >= 11 is 0. The Morgan fingerprint density at radius 1 is 1.00 bits per heavy atom. The second kappa shape index (κ2) is 4.53. The van der Waals surface area contributed by atoms with Crippen LogP contribution in [-0.2, 0) is 0 Å². The first-order chi connectivity index (χ1) is 9.25. The van der Waals surface area contributed by atoms with Crippen LogP contribution >= 0.6 is 0 Å². The van der Waals surface area contributed by atoms with Crippen LogP contribution in [0.25, 0.3) is 0 Å². The van der Waals surface area contributed by atoms with E-state index >= 15 is 0 Å². The van der Waals surface area contributed by atoms with Gasteiger partial charge in [-0.2, -0.15) is 0 Å². The second-order valence-electron chi connectivity index (χ2n) is 3.94. The summed E-state index contributed by atoms with van der Waals surface area (Å²) in [4.78, 5) is 27.9. The summed E-state index contributed by atoms with van der Waals surface area (Å²) in [6.07, 6.45) is 1.47. The molecule has 0 amide bonds. The van der Waals surface area contributed by atoms with Crippen molar-refractivity contribution in [3.05, 3.63) is 53.9 Å². The normalized spacial score (nSPS) is 12.2. The van der Waals surface area contributed by atoms with Gasteiger partial charge >= 0.3 is 0 Å². The Morgan fingerprint density at radius 3 is 2.63 bits per heavy atom. The van der Waals surface area contributed by atoms with Gasteiger partial charge in [0, 0.05) is 11.8 Å². The predicted molar refractivity (Wildman–Crippen MR) is 65.5 cm³/mol. The lowest BCUT2D eigenvalue weighted by Crippen LogP contribution is -2.15. The topological polar surface area (TPSA) is 65.5 Å². The number of Topliss-reactive ketones (excluding diaryl/α,β-unsaturated/α-hetero) is 2. The first-order valence-corrected chi connectivity index (χ1v) is 5.65. The third-order valence-corrected chi connectivity index (χ3v) is 2.74. The summed E-state index contributed by atoms with van der Waals surface area (Å²) in [6, 6.07) is 9.51. The molecule has 0 radical (unpaired) electrons. The van der Waals surface area contributed by atoms with Gasteiger partial charge in [-0.25, -0.2) is 0 Å². The molecule has 0 fully saturated rings. The van der Waals surface area contributed by atoms with E-state index in [-0.39, 0.29) is 18.1 Å². The molecule has 1 aliphatic heterocycles. The second-order valence-corrected chi connectivity index (χ2v) is 3.94. The fourth-order valence-electron chi connectivity index (χ4n) is 1.78. The number of aromatic nitrogens is 1. The number of carbonyl (C=O) groups is 2. The van der Waals surface area contributed by atoms with Gasteiger partial charge in [-0.05, 0) is 30.3 Å². The van der Waals surface area contributed by atoms with Gasteiger partial charge in [0.05, 0.1) is 0 Å². The Labute approximate surface area is 108 Å². The smallest absolute Gasteiger partial charge is 0.251 e. The Hall–Kier alpha value is -2.69. The Kier molecular flexibility index (Phi) is 2.72. The molecule has 2 heterocycles. The Balaban J connectivity index is 1.90. The van der Waals surface area contributed by atoms with Crippen LogP contribution in [0.15, 0.2) is 42.6 Å². The van der Waals surface area contributed by atoms with Crippen LogP contribution in [0.4, 0.5) is 0 Å². The lowest BCUT2D eigenvalue weighted by molar-refractivity contribution is 0.0814. The maximum atomic E-state index is 12.1. The lowest BCUT2D eigenvalue weighted by Gasteiger charge is -2.01. The highest BCUT2D eigenvalue weighted by Gasteiger charge is 2.22. The number of nitrogens with zero attached hydrogens (tertiary/aromatic N) is 1. The van der Waals surface area contributed by atoms with Crippen LogP contribution in [0.1, 0.15) is 20.8 Å². The summed E-state index contributed by atoms with van der Waals surface area (Å²) in [7, 11) is 0. The molecule has 1 aromatic heterocycles. The van der Waals surface area contributed by atoms with Crippen molar-refractivity contribution in [2.75, 3.05) is 6.79 Å². The molecule has 1 aromatic carbocycles. The number of ether oxygens (including phenoxy) is 2. The van der Waals surface area contributed by atoms with Crippen LogP contribution < -0.4 is 9.47 Å². The van der Waals surface area contributed by atoms with E-state index in [4.69, 9.17) is 9.47 Å². The van der Waals surface area contributed by atoms with Crippen LogP contribution in [0.5, 0.6) is 11.5 Å². The van der Waals surface area contributed by atoms with Gasteiger partial charge in [0.25, 0.3) is 5.78 Å². The average molecular weight is 255 g/mol. The molecule has 0 bridgehead atoms. The minimum absolute atomic E-state index is 0.126. The van der Waals surface area contributed by atoms with Gasteiger partial charge in [0.15, 0.2) is 11.5 Å². The van der Waals surface area contributed by atoms with Crippen molar-refractivity contribution in [1.82, 2.24) is 4.98 Å². The molecule has 3 rings (SSSR count). The average Bonchev–Trinajstić information content (AvgIpc) is 2.94. The van der Waals surface area contributed by atoms with E-state index in [9.17, 15) is 9.59 Å². The number of hydrogen-bond acceptors (Lipinski definition) is 5. The largest absolute Gasteiger partial charge is 0.454 e. The quantitative estimate of drug-likeness (QED) is 0.618. The molecule has 5 heteroatoms. The molecule has 0 saturated carbocycles. The van der Waals surface area contributed by atoms with E-state index in [1.54, 1.807) is 18.2 Å². The maximum absolute atomic E-state index is 12.1. The Bertz CT molecular complexity index is 652. The summed E-state index contributed by atoms with van der Waals surface area (Å²) in [5.41, 5.74) is 0.394. The van der Waals surface area contributed by atoms with E-state index in [0.29, 0.717) is 11.5 Å². The molecule has 5 nitrogen and oxygen atoms in total. The predicted octanol–water partition coefficient (Wildman–Crippen LogP) is 1.88. The molecule has 1 aliphatic rings. The zero-order valence-corrected chi connectivity index (χ0v) is 9.83. The zero-order valence-electron chi connectivity index (χ0n) is 9.83. The van der Waals surface area contributed by atoms with Crippen molar-refractivity contribution in [1.29, 1.82) is 0 Å². The van der Waals surface area contributed by atoms with Crippen molar-refractivity contribution < 1.29 is 19.1 Å². The lowest BCUT2D eigenvalue weighted by atomic mass is 10.0. The fourth-order valence-corrected chi connectivity index (χ4v) is 1.78. The van der Waals surface area contributed by atoms with Crippen LogP contribution in [-0.4, -0.2) is 23.3 Å². The van der Waals surface area contributed by atoms with Crippen molar-refractivity contribution in [3.8, 4) is 11.5 Å². The van der Waals surface area contributed by atoms with E-state index in [2.05, 4.69) is 4.98 Å². The van der Waals surface area contributed by atoms with Crippen molar-refractivity contribution in [2.24, 2.45) is 0 Å². The summed E-state index contributed by atoms with van der Waals surface area (Å²) < 4.78 is 10.3. The van der Waals surface area contributed by atoms with Gasteiger partial charge in [-0.15, -0.1) is 0 Å². The molecule has 2 aromatic rings. The van der Waals surface area contributed by atoms with Crippen LogP contribution in [0, 0.1) is 0 Å². The Morgan fingerprint density at radius 2 is 1.84 bits per heavy atom. The van der Waals surface area contributed by atoms with Gasteiger partial charge < -0.3 is 9.47 Å². The number of fused-ring (bicyclic) bond motifs is 1. The van der Waals surface area contributed by atoms with Crippen LogP contribution in [0.3, 0.4) is 0 Å². The number of hydrogen-bond donors (Lipinski definition) is 0. The van der Waals surface area contributed by atoms with Crippen molar-refractivity contribution in [2.45, 2.75) is 0 Å². The van der Waals surface area contributed by atoms with E-state index < -0.39 is 11.6 Å². The number of carbonyl (C=O) groups excluding carboxylic acids is 2. The molecule has 0 N–H and O–H groups in total. The van der Waals surface area contributed by atoms with Gasteiger partial charge in [-0.1, -0.05) is 6.07 Å². The van der Waals surface area contributed by atoms with Gasteiger partial charge in [0.1, 0.15) is 5.69 Å². The number of pyridine rings is 1. The van der Waals surface area contributed by atoms with Crippen molar-refractivity contribution in [3.63, 3.8) is 0 Å². The van der Waals surface area contributed by atoms with Gasteiger partial charge in [-0.3, -0.25) is 14.6 Å². The van der Waals surface area contributed by atoms with Gasteiger partial charge in [0.2, 0.25) is 12.6 Å². The standard InChI is InChI=1S/C14H9NO4/c16-13(14(17)10-3-1-2-6-15-10)9-4-5-11-12(7-9)19-8-18-11/h1-7H,8H2. The molecule has 0 unspecified atom stereocenters. The summed E-state index contributed by atoms with van der Waals surface area (Å²) in [5, 5.41) is 0. The monoisotopic (exact) mass is 255 g/mol. The highest BCUT2D eigenvalue weighted by Crippen LogP contribution is 2.32. The van der Waals surface area contributed by atoms with Crippen LogP contribution in [0.2, 0.25) is 0 Å². The third-order valence-electron chi connectivity index (χ3n) is 2.74. The highest BCUT2D eigenvalue weighted by atomic mass is 16.7. The SMILES string of the molecule is O=C(C(=O)c1ccccn1)c1ccc2c(c1)OCO2. The van der Waals surface area contributed by atoms with Crippen molar-refractivity contribution >= 4 is 11.6 Å². The van der Waals surface area contributed by atoms with E-state index in [0.717, 1.165) is 0 Å². The highest BCUT2D eigenvalue weighted by molar-refractivity contribution is 6.48. The minimum atomic E-state index is -0.639. The fraction of sp³-hybridized carbons (Fsp3) is 0.0714. The van der Waals surface area contributed by atoms with E-state index in [1.807, 2.05) is 0 Å². The first-order valence-electron chi connectivity index (χ1n) is 5.65. The molecule has 94 valence electrons. The molecule has 19 heavy (non-hydrogen) atoms. The summed E-state index contributed by atoms with van der Waals surface area (Å²) in [6.45, 7) is 0.126. The molecule has 0 saturated heterocycles. The molecular weight excluding hydrogens is 246 g/mol.